The average molecular weight is 540 g/mol. The lowest BCUT2D eigenvalue weighted by Crippen LogP contribution is -2.67. The molecule has 0 aliphatic rings. The molecule has 1 atom stereocenters. The number of ether oxygens (including phenoxy) is 1. The SMILES string of the molecule is [C-]#[N+]C(C)(CO[Si](c1ccccc1)(c1ccccc1)C(C)(C)C)CC(=O)c1c(C)nc2c(OCC)cccn12. The van der Waals surface area contributed by atoms with Crippen LogP contribution in [-0.4, -0.2) is 42.2 Å². The van der Waals surface area contributed by atoms with Gasteiger partial charge in [0.1, 0.15) is 12.3 Å². The van der Waals surface area contributed by atoms with E-state index in [2.05, 4.69) is 54.9 Å². The normalized spacial score (nSPS) is 13.6. The van der Waals surface area contributed by atoms with Crippen molar-refractivity contribution >= 4 is 30.1 Å². The Balaban J connectivity index is 1.70. The standard InChI is InChI=1S/C32H37N3O3Si/c1-8-37-28-20-15-21-35-29(24(2)34-30(28)35)27(36)22-32(6,33-7)23-38-39(31(3,4)5,25-16-11-9-12-17-25)26-18-13-10-14-19-26/h9-21H,8,22-23H2,1-6H3. The zero-order valence-electron chi connectivity index (χ0n) is 23.7. The predicted octanol–water partition coefficient (Wildman–Crippen LogP) is 5.87. The maximum atomic E-state index is 13.8. The van der Waals surface area contributed by atoms with Crippen LogP contribution in [0.25, 0.3) is 10.5 Å². The Labute approximate surface area is 232 Å². The first-order valence-corrected chi connectivity index (χ1v) is 15.2. The van der Waals surface area contributed by atoms with E-state index in [4.69, 9.17) is 15.7 Å². The summed E-state index contributed by atoms with van der Waals surface area (Å²) >= 11 is 0. The maximum absolute atomic E-state index is 13.8. The number of ketones is 1. The number of Topliss-reactive ketones (excluding diaryl/α,β-unsaturated/α-hetero) is 1. The second-order valence-corrected chi connectivity index (χ2v) is 15.5. The van der Waals surface area contributed by atoms with E-state index in [9.17, 15) is 4.79 Å². The highest BCUT2D eigenvalue weighted by Crippen LogP contribution is 2.38. The van der Waals surface area contributed by atoms with Crippen LogP contribution in [-0.2, 0) is 4.43 Å². The summed E-state index contributed by atoms with van der Waals surface area (Å²) in [4.78, 5) is 22.3. The van der Waals surface area contributed by atoms with Crippen molar-refractivity contribution in [3.8, 4) is 5.75 Å². The van der Waals surface area contributed by atoms with Gasteiger partial charge in [0.2, 0.25) is 0 Å². The van der Waals surface area contributed by atoms with Gasteiger partial charge < -0.3 is 14.0 Å². The number of fused-ring (bicyclic) bond motifs is 1. The number of imidazole rings is 1. The predicted molar refractivity (Wildman–Crippen MR) is 159 cm³/mol. The first-order valence-electron chi connectivity index (χ1n) is 13.3. The van der Waals surface area contributed by atoms with Gasteiger partial charge in [-0.05, 0) is 41.4 Å². The fourth-order valence-electron chi connectivity index (χ4n) is 5.34. The van der Waals surface area contributed by atoms with Gasteiger partial charge in [-0.3, -0.25) is 9.20 Å². The molecule has 0 bridgehead atoms. The van der Waals surface area contributed by atoms with Crippen LogP contribution in [0.4, 0.5) is 0 Å². The first kappa shape index (κ1) is 28.3. The molecule has 0 spiro atoms. The fraction of sp³-hybridized carbons (Fsp3) is 0.344. The van der Waals surface area contributed by atoms with Crippen molar-refractivity contribution in [2.45, 2.75) is 58.5 Å². The molecule has 7 heteroatoms. The number of benzene rings is 2. The Morgan fingerprint density at radius 2 is 1.56 bits per heavy atom. The summed E-state index contributed by atoms with van der Waals surface area (Å²) in [6.45, 7) is 20.9. The summed E-state index contributed by atoms with van der Waals surface area (Å²) in [5.41, 5.74) is 0.644. The first-order chi connectivity index (χ1) is 18.6. The minimum atomic E-state index is -2.85. The van der Waals surface area contributed by atoms with E-state index in [1.807, 2.05) is 75.5 Å². The molecule has 4 aromatic rings. The highest BCUT2D eigenvalue weighted by Gasteiger charge is 2.52. The minimum Gasteiger partial charge on any atom is -0.490 e. The molecule has 2 heterocycles. The number of nitrogens with zero attached hydrogens (tertiary/aromatic N) is 3. The third kappa shape index (κ3) is 5.40. The van der Waals surface area contributed by atoms with Gasteiger partial charge in [-0.25, -0.2) is 11.6 Å². The smallest absolute Gasteiger partial charge is 0.261 e. The van der Waals surface area contributed by atoms with Crippen molar-refractivity contribution in [3.05, 3.63) is 102 Å². The lowest BCUT2D eigenvalue weighted by molar-refractivity contribution is 0.0939. The molecule has 1 unspecified atom stereocenters. The lowest BCUT2D eigenvalue weighted by Gasteiger charge is -2.43. The zero-order chi connectivity index (χ0) is 28.3. The molecule has 0 aliphatic carbocycles. The summed E-state index contributed by atoms with van der Waals surface area (Å²) in [6, 6.07) is 24.4. The third-order valence-corrected chi connectivity index (χ3v) is 12.2. The van der Waals surface area contributed by atoms with Crippen molar-refractivity contribution in [1.82, 2.24) is 9.38 Å². The monoisotopic (exact) mass is 539 g/mol. The van der Waals surface area contributed by atoms with Crippen LogP contribution in [0.5, 0.6) is 5.75 Å². The van der Waals surface area contributed by atoms with E-state index in [0.29, 0.717) is 29.4 Å². The van der Waals surface area contributed by atoms with E-state index in [1.165, 1.54) is 0 Å². The second kappa shape index (κ2) is 11.2. The van der Waals surface area contributed by atoms with Gasteiger partial charge in [0.25, 0.3) is 13.9 Å². The maximum Gasteiger partial charge on any atom is 0.261 e. The Bertz CT molecular complexity index is 1450. The molecule has 0 fully saturated rings. The van der Waals surface area contributed by atoms with Crippen molar-refractivity contribution in [3.63, 3.8) is 0 Å². The Morgan fingerprint density at radius 3 is 2.08 bits per heavy atom. The van der Waals surface area contributed by atoms with Crippen LogP contribution in [0.15, 0.2) is 79.0 Å². The summed E-state index contributed by atoms with van der Waals surface area (Å²) in [6.07, 6.45) is 1.83. The van der Waals surface area contributed by atoms with Gasteiger partial charge in [-0.15, -0.1) is 0 Å². The van der Waals surface area contributed by atoms with Gasteiger partial charge in [0.05, 0.1) is 18.7 Å². The van der Waals surface area contributed by atoms with E-state index >= 15 is 0 Å². The largest absolute Gasteiger partial charge is 0.490 e. The van der Waals surface area contributed by atoms with E-state index in [1.54, 1.807) is 4.40 Å². The summed E-state index contributed by atoms with van der Waals surface area (Å²) in [5, 5.41) is 2.06. The van der Waals surface area contributed by atoms with Gasteiger partial charge in [0, 0.05) is 13.1 Å². The lowest BCUT2D eigenvalue weighted by atomic mass is 9.95. The van der Waals surface area contributed by atoms with Crippen molar-refractivity contribution in [2.24, 2.45) is 0 Å². The van der Waals surface area contributed by atoms with Crippen LogP contribution < -0.4 is 15.1 Å². The Morgan fingerprint density at radius 1 is 0.974 bits per heavy atom. The zero-order valence-corrected chi connectivity index (χ0v) is 24.7. The van der Waals surface area contributed by atoms with Gasteiger partial charge in [-0.1, -0.05) is 81.4 Å². The summed E-state index contributed by atoms with van der Waals surface area (Å²) < 4.78 is 14.5. The van der Waals surface area contributed by atoms with Crippen molar-refractivity contribution in [2.75, 3.05) is 13.2 Å². The van der Waals surface area contributed by atoms with Gasteiger partial charge in [-0.2, -0.15) is 0 Å². The van der Waals surface area contributed by atoms with Crippen molar-refractivity contribution in [1.29, 1.82) is 0 Å². The van der Waals surface area contributed by atoms with Crippen LogP contribution in [0.2, 0.25) is 5.04 Å². The molecule has 0 aliphatic heterocycles. The number of hydrogen-bond acceptors (Lipinski definition) is 4. The van der Waals surface area contributed by atoms with Gasteiger partial charge in [0.15, 0.2) is 17.2 Å². The molecule has 2 aromatic carbocycles. The molecule has 0 saturated heterocycles. The summed E-state index contributed by atoms with van der Waals surface area (Å²) in [7, 11) is -2.85. The average Bonchev–Trinajstić information content (AvgIpc) is 3.26. The molecule has 0 amide bonds. The Kier molecular flexibility index (Phi) is 8.10. The number of carbonyl (C=O) groups is 1. The Hall–Kier alpha value is -3.73. The molecule has 0 N–H and O–H groups in total. The molecule has 0 radical (unpaired) electrons. The van der Waals surface area contributed by atoms with E-state index in [0.717, 1.165) is 10.4 Å². The second-order valence-electron chi connectivity index (χ2n) is 11.2. The molecule has 39 heavy (non-hydrogen) atoms. The third-order valence-electron chi connectivity index (χ3n) is 7.18. The quantitative estimate of drug-likeness (QED) is 0.144. The van der Waals surface area contributed by atoms with Crippen LogP contribution in [0, 0.1) is 13.5 Å². The van der Waals surface area contributed by atoms with Crippen LogP contribution in [0.1, 0.15) is 57.2 Å². The summed E-state index contributed by atoms with van der Waals surface area (Å²) in [5.74, 6) is 0.489. The van der Waals surface area contributed by atoms with Gasteiger partial charge >= 0.3 is 0 Å². The molecular formula is C32H37N3O3Si. The van der Waals surface area contributed by atoms with Crippen LogP contribution in [0.3, 0.4) is 0 Å². The molecule has 2 aromatic heterocycles. The topological polar surface area (TPSA) is 57.2 Å². The highest BCUT2D eigenvalue weighted by atomic mass is 28.4. The highest BCUT2D eigenvalue weighted by molar-refractivity contribution is 6.99. The molecule has 0 saturated carbocycles. The number of aromatic nitrogens is 2. The molecule has 6 nitrogen and oxygen atoms in total. The number of rotatable bonds is 10. The number of hydrogen-bond donors (Lipinski definition) is 0. The van der Waals surface area contributed by atoms with E-state index < -0.39 is 13.9 Å². The molecular weight excluding hydrogens is 502 g/mol. The van der Waals surface area contributed by atoms with Crippen molar-refractivity contribution < 1.29 is 14.0 Å². The number of pyridine rings is 1. The number of carbonyl (C=O) groups excluding carboxylic acids is 1. The molecule has 4 rings (SSSR count). The van der Waals surface area contributed by atoms with E-state index in [-0.39, 0.29) is 23.8 Å². The van der Waals surface area contributed by atoms with Crippen LogP contribution >= 0.6 is 0 Å². The molecule has 202 valence electrons. The number of aryl methyl sites for hydroxylation is 1. The fourth-order valence-corrected chi connectivity index (χ4v) is 10.0. The minimum absolute atomic E-state index is 0.0161.